The molecule has 1 saturated heterocycles. The van der Waals surface area contributed by atoms with E-state index in [0.29, 0.717) is 0 Å². The molecule has 1 aliphatic heterocycles. The second-order valence-corrected chi connectivity index (χ2v) is 8.51. The minimum absolute atomic E-state index is 0. The van der Waals surface area contributed by atoms with Gasteiger partial charge in [0, 0.05) is 50.4 Å². The zero-order chi connectivity index (χ0) is 20.3. The number of halogens is 1. The van der Waals surface area contributed by atoms with E-state index in [1.165, 1.54) is 16.0 Å². The first kappa shape index (κ1) is 25.0. The molecule has 0 radical (unpaired) electrons. The number of hydrogen-bond acceptors (Lipinski definition) is 4. The number of thioether (sulfide) groups is 1. The van der Waals surface area contributed by atoms with Gasteiger partial charge in [-0.3, -0.25) is 9.89 Å². The van der Waals surface area contributed by atoms with Crippen LogP contribution in [0.4, 0.5) is 0 Å². The number of likely N-dealkylation sites (tertiary alicyclic amines) is 1. The van der Waals surface area contributed by atoms with Gasteiger partial charge in [0.25, 0.3) is 0 Å². The molecule has 0 spiro atoms. The van der Waals surface area contributed by atoms with E-state index < -0.39 is 0 Å². The number of benzene rings is 2. The quantitative estimate of drug-likeness (QED) is 0.157. The summed E-state index contributed by atoms with van der Waals surface area (Å²) in [5.41, 5.74) is 2.56. The van der Waals surface area contributed by atoms with Crippen LogP contribution in [0, 0.1) is 0 Å². The van der Waals surface area contributed by atoms with E-state index in [1.807, 2.05) is 17.8 Å². The number of aliphatic imine (C=N–C) groups is 1. The molecule has 2 aromatic rings. The number of nitrogens with one attached hydrogen (secondary N) is 2. The summed E-state index contributed by atoms with van der Waals surface area (Å²) >= 11 is 1.84. The number of nitrogens with zero attached hydrogens (tertiary/aromatic N) is 2. The fraction of sp³-hybridized carbons (Fsp3) is 0.435. The number of rotatable bonds is 8. The smallest absolute Gasteiger partial charge is 0.191 e. The maximum atomic E-state index is 9.62. The number of hydrogen-bond donors (Lipinski definition) is 3. The van der Waals surface area contributed by atoms with Gasteiger partial charge < -0.3 is 15.7 Å². The molecule has 1 fully saturated rings. The second kappa shape index (κ2) is 13.9. The molecule has 0 aromatic heterocycles. The Hall–Kier alpha value is -1.29. The Labute approximate surface area is 201 Å². The van der Waals surface area contributed by atoms with Crippen molar-refractivity contribution in [1.29, 1.82) is 0 Å². The predicted molar refractivity (Wildman–Crippen MR) is 138 cm³/mol. The summed E-state index contributed by atoms with van der Waals surface area (Å²) in [5, 5.41) is 16.4. The summed E-state index contributed by atoms with van der Waals surface area (Å²) in [7, 11) is 1.80. The van der Waals surface area contributed by atoms with Crippen molar-refractivity contribution in [3.8, 4) is 0 Å². The lowest BCUT2D eigenvalue weighted by Crippen LogP contribution is -2.38. The van der Waals surface area contributed by atoms with Crippen LogP contribution in [-0.2, 0) is 13.1 Å². The molecule has 0 atom stereocenters. The van der Waals surface area contributed by atoms with Crippen molar-refractivity contribution in [2.75, 3.05) is 32.4 Å². The zero-order valence-corrected chi connectivity index (χ0v) is 20.7. The molecular weight excluding hydrogens is 507 g/mol. The highest BCUT2D eigenvalue weighted by atomic mass is 127. The lowest BCUT2D eigenvalue weighted by molar-refractivity contribution is 0.0792. The van der Waals surface area contributed by atoms with Gasteiger partial charge in [-0.1, -0.05) is 42.5 Å². The van der Waals surface area contributed by atoms with Crippen LogP contribution < -0.4 is 10.6 Å². The molecule has 0 bridgehead atoms. The van der Waals surface area contributed by atoms with E-state index in [9.17, 15) is 5.11 Å². The summed E-state index contributed by atoms with van der Waals surface area (Å²) in [6.45, 7) is 4.54. The lowest BCUT2D eigenvalue weighted by Gasteiger charge is -2.29. The van der Waals surface area contributed by atoms with Crippen molar-refractivity contribution >= 4 is 41.7 Å². The Kier molecular flexibility index (Phi) is 11.6. The molecule has 1 aliphatic rings. The number of aliphatic hydroxyl groups is 1. The third kappa shape index (κ3) is 8.83. The fourth-order valence-electron chi connectivity index (χ4n) is 3.36. The highest BCUT2D eigenvalue weighted by Gasteiger charge is 2.16. The predicted octanol–water partition coefficient (Wildman–Crippen LogP) is 3.72. The zero-order valence-electron chi connectivity index (χ0n) is 17.6. The highest BCUT2D eigenvalue weighted by Crippen LogP contribution is 2.16. The second-order valence-electron chi connectivity index (χ2n) is 7.34. The topological polar surface area (TPSA) is 59.9 Å². The molecule has 0 amide bonds. The molecule has 0 unspecified atom stereocenters. The van der Waals surface area contributed by atoms with Crippen LogP contribution >= 0.6 is 35.7 Å². The minimum Gasteiger partial charge on any atom is -0.393 e. The summed E-state index contributed by atoms with van der Waals surface area (Å²) < 4.78 is 0. The maximum Gasteiger partial charge on any atom is 0.191 e. The molecule has 5 nitrogen and oxygen atoms in total. The average Bonchev–Trinajstić information content (AvgIpc) is 2.76. The first-order chi connectivity index (χ1) is 14.2. The van der Waals surface area contributed by atoms with E-state index in [0.717, 1.165) is 57.3 Å². The number of piperidine rings is 1. The molecule has 7 heteroatoms. The molecule has 0 saturated carbocycles. The van der Waals surface area contributed by atoms with Crippen LogP contribution in [0.15, 0.2) is 64.5 Å². The molecule has 0 aliphatic carbocycles. The van der Waals surface area contributed by atoms with Crippen LogP contribution in [0.5, 0.6) is 0 Å². The average molecular weight is 541 g/mol. The van der Waals surface area contributed by atoms with Gasteiger partial charge in [-0.15, -0.1) is 35.7 Å². The molecule has 30 heavy (non-hydrogen) atoms. The van der Waals surface area contributed by atoms with Crippen molar-refractivity contribution in [3.63, 3.8) is 0 Å². The Bertz CT molecular complexity index is 750. The number of aliphatic hydroxyl groups excluding tert-OH is 1. The van der Waals surface area contributed by atoms with Crippen LogP contribution in [-0.4, -0.2) is 54.5 Å². The number of guanidine groups is 1. The normalized spacial score (nSPS) is 15.5. The van der Waals surface area contributed by atoms with Crippen LogP contribution in [0.25, 0.3) is 0 Å². The molecule has 1 heterocycles. The molecule has 164 valence electrons. The summed E-state index contributed by atoms with van der Waals surface area (Å²) in [5.74, 6) is 1.82. The molecule has 3 N–H and O–H groups in total. The standard InChI is InChI=1S/C23H32N4OS.HI/c1-24-23(25-13-16-29-22-5-3-2-4-6-22)26-17-19-7-9-20(10-8-19)18-27-14-11-21(28)12-15-27;/h2-10,21,28H,11-18H2,1H3,(H2,24,25,26);1H. The van der Waals surface area contributed by atoms with Gasteiger partial charge in [-0.25, -0.2) is 0 Å². The van der Waals surface area contributed by atoms with E-state index in [-0.39, 0.29) is 30.1 Å². The van der Waals surface area contributed by atoms with Crippen LogP contribution in [0.2, 0.25) is 0 Å². The summed E-state index contributed by atoms with van der Waals surface area (Å²) in [6, 6.07) is 19.2. The van der Waals surface area contributed by atoms with Crippen molar-refractivity contribution in [1.82, 2.24) is 15.5 Å². The van der Waals surface area contributed by atoms with Crippen molar-refractivity contribution in [2.24, 2.45) is 4.99 Å². The van der Waals surface area contributed by atoms with Gasteiger partial charge in [-0.2, -0.15) is 0 Å². The van der Waals surface area contributed by atoms with E-state index in [1.54, 1.807) is 7.05 Å². The highest BCUT2D eigenvalue weighted by molar-refractivity contribution is 14.0. The summed E-state index contributed by atoms with van der Waals surface area (Å²) in [4.78, 5) is 8.01. The molecular formula is C23H33IN4OS. The largest absolute Gasteiger partial charge is 0.393 e. The lowest BCUT2D eigenvalue weighted by atomic mass is 10.1. The van der Waals surface area contributed by atoms with Crippen molar-refractivity contribution in [3.05, 3.63) is 65.7 Å². The Balaban J connectivity index is 0.00000320. The van der Waals surface area contributed by atoms with Gasteiger partial charge in [0.1, 0.15) is 0 Å². The first-order valence-electron chi connectivity index (χ1n) is 10.3. The fourth-order valence-corrected chi connectivity index (χ4v) is 4.15. The van der Waals surface area contributed by atoms with E-state index in [4.69, 9.17) is 0 Å². The third-order valence-electron chi connectivity index (χ3n) is 5.08. The van der Waals surface area contributed by atoms with E-state index in [2.05, 4.69) is 69.1 Å². The van der Waals surface area contributed by atoms with Crippen molar-refractivity contribution < 1.29 is 5.11 Å². The van der Waals surface area contributed by atoms with Crippen LogP contribution in [0.3, 0.4) is 0 Å². The van der Waals surface area contributed by atoms with Gasteiger partial charge in [0.05, 0.1) is 6.10 Å². The van der Waals surface area contributed by atoms with Gasteiger partial charge >= 0.3 is 0 Å². The summed E-state index contributed by atoms with van der Waals surface area (Å²) in [6.07, 6.45) is 1.66. The molecule has 3 rings (SSSR count). The Morgan fingerprint density at radius 2 is 1.70 bits per heavy atom. The first-order valence-corrected chi connectivity index (χ1v) is 11.3. The maximum absolute atomic E-state index is 9.62. The van der Waals surface area contributed by atoms with Gasteiger partial charge in [0.2, 0.25) is 0 Å². The molecule has 2 aromatic carbocycles. The van der Waals surface area contributed by atoms with Gasteiger partial charge in [-0.05, 0) is 36.1 Å². The monoisotopic (exact) mass is 540 g/mol. The minimum atomic E-state index is -0.111. The Morgan fingerprint density at radius 1 is 1.03 bits per heavy atom. The SMILES string of the molecule is CN=C(NCCSc1ccccc1)NCc1ccc(CN2CCC(O)CC2)cc1.I. The third-order valence-corrected chi connectivity index (χ3v) is 6.09. The Morgan fingerprint density at radius 3 is 2.37 bits per heavy atom. The van der Waals surface area contributed by atoms with E-state index >= 15 is 0 Å². The van der Waals surface area contributed by atoms with Crippen molar-refractivity contribution in [2.45, 2.75) is 36.9 Å². The van der Waals surface area contributed by atoms with Crippen LogP contribution in [0.1, 0.15) is 24.0 Å². The van der Waals surface area contributed by atoms with Gasteiger partial charge in [0.15, 0.2) is 5.96 Å².